The van der Waals surface area contributed by atoms with E-state index in [1.165, 1.54) is 12.8 Å². The van der Waals surface area contributed by atoms with Gasteiger partial charge in [0.25, 0.3) is 0 Å². The van der Waals surface area contributed by atoms with Gasteiger partial charge in [-0.3, -0.25) is 0 Å². The molecule has 0 N–H and O–H groups in total. The van der Waals surface area contributed by atoms with Crippen molar-refractivity contribution in [3.8, 4) is 0 Å². The molecule has 0 amide bonds. The van der Waals surface area contributed by atoms with Crippen molar-refractivity contribution in [3.63, 3.8) is 0 Å². The number of halogens is 2. The minimum atomic E-state index is 0.641. The minimum absolute atomic E-state index is 0.641. The van der Waals surface area contributed by atoms with Crippen LogP contribution in [0, 0.1) is 5.92 Å². The standard InChI is InChI=1S/C12H22Cl2/c1-4-6-7-8-11(13)12(14)9-10(3)5-2/h10H,4-9H2,1-3H3/b12-11+. The maximum atomic E-state index is 6.13. The molecule has 0 spiro atoms. The molecule has 0 aliphatic carbocycles. The monoisotopic (exact) mass is 236 g/mol. The quantitative estimate of drug-likeness (QED) is 0.499. The molecule has 0 radical (unpaired) electrons. The van der Waals surface area contributed by atoms with Crippen LogP contribution in [0.3, 0.4) is 0 Å². The summed E-state index contributed by atoms with van der Waals surface area (Å²) in [6.07, 6.45) is 6.67. The lowest BCUT2D eigenvalue weighted by Crippen LogP contribution is -1.93. The number of allylic oxidation sites excluding steroid dienone is 2. The molecule has 0 nitrogen and oxygen atoms in total. The highest BCUT2D eigenvalue weighted by Crippen LogP contribution is 2.26. The summed E-state index contributed by atoms with van der Waals surface area (Å²) < 4.78 is 0. The van der Waals surface area contributed by atoms with E-state index in [1.54, 1.807) is 0 Å². The van der Waals surface area contributed by atoms with Crippen molar-refractivity contribution < 1.29 is 0 Å². The van der Waals surface area contributed by atoms with E-state index in [0.717, 1.165) is 35.7 Å². The topological polar surface area (TPSA) is 0 Å². The predicted molar refractivity (Wildman–Crippen MR) is 66.9 cm³/mol. The summed E-state index contributed by atoms with van der Waals surface area (Å²) in [5.41, 5.74) is 0. The van der Waals surface area contributed by atoms with Crippen molar-refractivity contribution in [1.82, 2.24) is 0 Å². The molecule has 0 fully saturated rings. The van der Waals surface area contributed by atoms with Crippen LogP contribution in [0.1, 0.15) is 59.3 Å². The third-order valence-corrected chi connectivity index (χ3v) is 3.42. The lowest BCUT2D eigenvalue weighted by molar-refractivity contribution is 0.565. The second-order valence-corrected chi connectivity index (χ2v) is 4.90. The second kappa shape index (κ2) is 8.61. The molecule has 0 aliphatic heterocycles. The Morgan fingerprint density at radius 2 is 1.71 bits per heavy atom. The van der Waals surface area contributed by atoms with Crippen LogP contribution in [-0.2, 0) is 0 Å². The van der Waals surface area contributed by atoms with Gasteiger partial charge in [0.05, 0.1) is 0 Å². The fraction of sp³-hybridized carbons (Fsp3) is 0.833. The van der Waals surface area contributed by atoms with Gasteiger partial charge in [0, 0.05) is 10.1 Å². The second-order valence-electron chi connectivity index (χ2n) is 3.98. The van der Waals surface area contributed by atoms with E-state index in [-0.39, 0.29) is 0 Å². The molecule has 1 atom stereocenters. The molecule has 0 saturated carbocycles. The Bertz CT molecular complexity index is 173. The maximum absolute atomic E-state index is 6.13. The van der Waals surface area contributed by atoms with Crippen molar-refractivity contribution in [2.45, 2.75) is 59.3 Å². The van der Waals surface area contributed by atoms with Crippen molar-refractivity contribution in [2.24, 2.45) is 5.92 Å². The molecule has 0 aromatic rings. The van der Waals surface area contributed by atoms with E-state index in [0.29, 0.717) is 5.92 Å². The zero-order chi connectivity index (χ0) is 11.0. The summed E-state index contributed by atoms with van der Waals surface area (Å²) >= 11 is 12.2. The average Bonchev–Trinajstić information content (AvgIpc) is 2.17. The Morgan fingerprint density at radius 1 is 1.07 bits per heavy atom. The zero-order valence-corrected chi connectivity index (χ0v) is 11.1. The van der Waals surface area contributed by atoms with Crippen molar-refractivity contribution >= 4 is 23.2 Å². The van der Waals surface area contributed by atoms with Gasteiger partial charge in [-0.05, 0) is 25.2 Å². The van der Waals surface area contributed by atoms with Crippen LogP contribution in [0.15, 0.2) is 10.1 Å². The van der Waals surface area contributed by atoms with Gasteiger partial charge in [-0.2, -0.15) is 0 Å². The molecular weight excluding hydrogens is 215 g/mol. The van der Waals surface area contributed by atoms with Crippen LogP contribution in [-0.4, -0.2) is 0 Å². The van der Waals surface area contributed by atoms with Gasteiger partial charge in [0.2, 0.25) is 0 Å². The first kappa shape index (κ1) is 14.3. The Kier molecular flexibility index (Phi) is 8.81. The number of hydrogen-bond acceptors (Lipinski definition) is 0. The molecule has 2 heteroatoms. The van der Waals surface area contributed by atoms with Crippen LogP contribution < -0.4 is 0 Å². The van der Waals surface area contributed by atoms with E-state index in [9.17, 15) is 0 Å². The summed E-state index contributed by atoms with van der Waals surface area (Å²) in [4.78, 5) is 0. The lowest BCUT2D eigenvalue weighted by atomic mass is 10.0. The average molecular weight is 237 g/mol. The molecule has 14 heavy (non-hydrogen) atoms. The van der Waals surface area contributed by atoms with Gasteiger partial charge in [0.1, 0.15) is 0 Å². The highest BCUT2D eigenvalue weighted by Gasteiger charge is 2.06. The minimum Gasteiger partial charge on any atom is -0.0879 e. The highest BCUT2D eigenvalue weighted by molar-refractivity contribution is 6.39. The van der Waals surface area contributed by atoms with Crippen LogP contribution >= 0.6 is 23.2 Å². The maximum Gasteiger partial charge on any atom is 0.0328 e. The SMILES string of the molecule is CCCCC/C(Cl)=C(\Cl)CC(C)CC. The third kappa shape index (κ3) is 6.73. The first-order chi connectivity index (χ1) is 6.61. The van der Waals surface area contributed by atoms with Crippen LogP contribution in [0.25, 0.3) is 0 Å². The molecular formula is C12H22Cl2. The van der Waals surface area contributed by atoms with Gasteiger partial charge in [-0.25, -0.2) is 0 Å². The Hall–Kier alpha value is 0.320. The van der Waals surface area contributed by atoms with E-state index in [2.05, 4.69) is 20.8 Å². The Labute approximate surface area is 98.7 Å². The largest absolute Gasteiger partial charge is 0.0879 e. The van der Waals surface area contributed by atoms with Crippen molar-refractivity contribution in [1.29, 1.82) is 0 Å². The van der Waals surface area contributed by atoms with Crippen LogP contribution in [0.2, 0.25) is 0 Å². The van der Waals surface area contributed by atoms with Crippen LogP contribution in [0.4, 0.5) is 0 Å². The molecule has 0 rings (SSSR count). The molecule has 0 aromatic carbocycles. The fourth-order valence-corrected chi connectivity index (χ4v) is 1.80. The Balaban J connectivity index is 3.88. The summed E-state index contributed by atoms with van der Waals surface area (Å²) in [5.74, 6) is 0.641. The molecule has 0 aromatic heterocycles. The lowest BCUT2D eigenvalue weighted by Gasteiger charge is -2.09. The van der Waals surface area contributed by atoms with Gasteiger partial charge in [-0.15, -0.1) is 0 Å². The summed E-state index contributed by atoms with van der Waals surface area (Å²) in [5, 5.41) is 1.75. The van der Waals surface area contributed by atoms with E-state index < -0.39 is 0 Å². The fourth-order valence-electron chi connectivity index (χ4n) is 1.23. The number of unbranched alkanes of at least 4 members (excludes halogenated alkanes) is 2. The molecule has 1 unspecified atom stereocenters. The molecule has 0 heterocycles. The number of hydrogen-bond donors (Lipinski definition) is 0. The molecule has 0 saturated heterocycles. The smallest absolute Gasteiger partial charge is 0.0328 e. The van der Waals surface area contributed by atoms with Crippen molar-refractivity contribution in [2.75, 3.05) is 0 Å². The van der Waals surface area contributed by atoms with Gasteiger partial charge < -0.3 is 0 Å². The van der Waals surface area contributed by atoms with Crippen molar-refractivity contribution in [3.05, 3.63) is 10.1 Å². The normalized spacial score (nSPS) is 15.2. The van der Waals surface area contributed by atoms with Gasteiger partial charge in [0.15, 0.2) is 0 Å². The van der Waals surface area contributed by atoms with E-state index in [1.807, 2.05) is 0 Å². The van der Waals surface area contributed by atoms with E-state index in [4.69, 9.17) is 23.2 Å². The third-order valence-electron chi connectivity index (χ3n) is 2.52. The van der Waals surface area contributed by atoms with Gasteiger partial charge >= 0.3 is 0 Å². The number of rotatable bonds is 7. The molecule has 0 aliphatic rings. The highest BCUT2D eigenvalue weighted by atomic mass is 35.5. The Morgan fingerprint density at radius 3 is 2.21 bits per heavy atom. The van der Waals surface area contributed by atoms with E-state index >= 15 is 0 Å². The molecule has 84 valence electrons. The summed E-state index contributed by atoms with van der Waals surface area (Å²) in [6, 6.07) is 0. The van der Waals surface area contributed by atoms with Crippen LogP contribution in [0.5, 0.6) is 0 Å². The molecule has 0 bridgehead atoms. The summed E-state index contributed by atoms with van der Waals surface area (Å²) in [6.45, 7) is 6.58. The first-order valence-electron chi connectivity index (χ1n) is 5.64. The predicted octanol–water partition coefficient (Wildman–Crippen LogP) is 5.69. The zero-order valence-electron chi connectivity index (χ0n) is 9.58. The first-order valence-corrected chi connectivity index (χ1v) is 6.40. The van der Waals surface area contributed by atoms with Gasteiger partial charge in [-0.1, -0.05) is 63.2 Å². The summed E-state index contributed by atoms with van der Waals surface area (Å²) in [7, 11) is 0.